The highest BCUT2D eigenvalue weighted by Gasteiger charge is 2.12. The lowest BCUT2D eigenvalue weighted by atomic mass is 10.6. The summed E-state index contributed by atoms with van der Waals surface area (Å²) < 4.78 is 5.83. The van der Waals surface area contributed by atoms with E-state index in [4.69, 9.17) is 12.2 Å². The molecule has 0 spiro atoms. The Hall–Kier alpha value is 0.0900. The Bertz CT molecular complexity index is 323. The Balaban J connectivity index is 3.13. The van der Waals surface area contributed by atoms with Crippen LogP contribution in [0.3, 0.4) is 0 Å². The SMILES string of the molecule is COC(=O)c1sc(=S)sc1S. The third-order valence-corrected chi connectivity index (χ3v) is 4.01. The number of carbonyl (C=O) groups is 1. The van der Waals surface area contributed by atoms with Gasteiger partial charge >= 0.3 is 5.97 Å². The summed E-state index contributed by atoms with van der Waals surface area (Å²) in [6, 6.07) is 0. The van der Waals surface area contributed by atoms with Crippen LogP contribution < -0.4 is 0 Å². The fourth-order valence-corrected chi connectivity index (χ4v) is 3.54. The van der Waals surface area contributed by atoms with Crippen LogP contribution in [0.1, 0.15) is 9.67 Å². The molecule has 0 unspecified atom stereocenters. The quantitative estimate of drug-likeness (QED) is 0.451. The molecule has 6 heteroatoms. The zero-order chi connectivity index (χ0) is 8.43. The number of hydrogen-bond acceptors (Lipinski definition) is 6. The summed E-state index contributed by atoms with van der Waals surface area (Å²) in [5.74, 6) is -0.368. The summed E-state index contributed by atoms with van der Waals surface area (Å²) >= 11 is 11.5. The first kappa shape index (κ1) is 9.18. The maximum atomic E-state index is 10.9. The molecule has 0 aliphatic heterocycles. The Morgan fingerprint density at radius 2 is 2.27 bits per heavy atom. The number of thiol groups is 1. The van der Waals surface area contributed by atoms with E-state index in [0.717, 1.165) is 0 Å². The highest BCUT2D eigenvalue weighted by Crippen LogP contribution is 2.28. The van der Waals surface area contributed by atoms with Gasteiger partial charge in [0, 0.05) is 0 Å². The Morgan fingerprint density at radius 1 is 1.64 bits per heavy atom. The van der Waals surface area contributed by atoms with Crippen LogP contribution in [0.2, 0.25) is 0 Å². The first-order valence-electron chi connectivity index (χ1n) is 2.56. The minimum Gasteiger partial charge on any atom is -0.465 e. The van der Waals surface area contributed by atoms with Crippen molar-refractivity contribution in [3.63, 3.8) is 0 Å². The van der Waals surface area contributed by atoms with Crippen LogP contribution in [0, 0.1) is 3.14 Å². The first-order chi connectivity index (χ1) is 5.15. The van der Waals surface area contributed by atoms with Crippen LogP contribution in [0.5, 0.6) is 0 Å². The fourth-order valence-electron chi connectivity index (χ4n) is 0.495. The minimum absolute atomic E-state index is 0.368. The Kier molecular flexibility index (Phi) is 3.06. The van der Waals surface area contributed by atoms with Crippen LogP contribution in [0.25, 0.3) is 0 Å². The molecule has 0 fully saturated rings. The van der Waals surface area contributed by atoms with Crippen molar-refractivity contribution in [2.75, 3.05) is 7.11 Å². The molecule has 0 aromatic carbocycles. The summed E-state index contributed by atoms with van der Waals surface area (Å²) in [7, 11) is 1.34. The van der Waals surface area contributed by atoms with E-state index in [9.17, 15) is 4.79 Å². The number of carbonyl (C=O) groups excluding carboxylic acids is 1. The molecular weight excluding hydrogens is 220 g/mol. The molecule has 0 N–H and O–H groups in total. The van der Waals surface area contributed by atoms with Crippen molar-refractivity contribution in [2.24, 2.45) is 0 Å². The van der Waals surface area contributed by atoms with Gasteiger partial charge in [-0.2, -0.15) is 0 Å². The van der Waals surface area contributed by atoms with E-state index < -0.39 is 0 Å². The van der Waals surface area contributed by atoms with Gasteiger partial charge < -0.3 is 4.74 Å². The van der Waals surface area contributed by atoms with Crippen molar-refractivity contribution >= 4 is 53.5 Å². The summed E-state index contributed by atoms with van der Waals surface area (Å²) in [5.41, 5.74) is 0. The highest BCUT2D eigenvalue weighted by atomic mass is 32.2. The number of ether oxygens (including phenoxy) is 1. The lowest BCUT2D eigenvalue weighted by molar-refractivity contribution is 0.0603. The van der Waals surface area contributed by atoms with E-state index in [1.807, 2.05) is 0 Å². The Morgan fingerprint density at radius 3 is 2.64 bits per heavy atom. The van der Waals surface area contributed by atoms with E-state index in [0.29, 0.717) is 12.2 Å². The van der Waals surface area contributed by atoms with Gasteiger partial charge in [-0.15, -0.1) is 35.3 Å². The molecule has 0 aliphatic rings. The van der Waals surface area contributed by atoms with Crippen LogP contribution >= 0.6 is 47.5 Å². The van der Waals surface area contributed by atoms with Crippen LogP contribution in [0.15, 0.2) is 4.21 Å². The molecule has 0 radical (unpaired) electrons. The number of rotatable bonds is 1. The van der Waals surface area contributed by atoms with Gasteiger partial charge in [-0.25, -0.2) is 4.79 Å². The largest absolute Gasteiger partial charge is 0.465 e. The van der Waals surface area contributed by atoms with Gasteiger partial charge in [-0.3, -0.25) is 0 Å². The van der Waals surface area contributed by atoms with Crippen LogP contribution in [0.4, 0.5) is 0 Å². The summed E-state index contributed by atoms with van der Waals surface area (Å²) in [5, 5.41) is 0. The Labute approximate surface area is 82.2 Å². The molecule has 2 nitrogen and oxygen atoms in total. The van der Waals surface area contributed by atoms with Crippen molar-refractivity contribution in [2.45, 2.75) is 4.21 Å². The normalized spacial score (nSPS) is 9.64. The average molecular weight is 224 g/mol. The number of methoxy groups -OCH3 is 1. The van der Waals surface area contributed by atoms with Crippen LogP contribution in [-0.2, 0) is 4.74 Å². The molecule has 0 saturated carbocycles. The second kappa shape index (κ2) is 3.66. The zero-order valence-electron chi connectivity index (χ0n) is 5.49. The number of hydrogen-bond donors (Lipinski definition) is 1. The summed E-state index contributed by atoms with van der Waals surface area (Å²) in [6.07, 6.45) is 0. The second-order valence-electron chi connectivity index (χ2n) is 1.58. The van der Waals surface area contributed by atoms with Crippen molar-refractivity contribution in [3.8, 4) is 0 Å². The average Bonchev–Trinajstić information content (AvgIpc) is 2.28. The molecule has 0 saturated heterocycles. The summed E-state index contributed by atoms with van der Waals surface area (Å²) in [4.78, 5) is 11.4. The predicted octanol–water partition coefficient (Wildman–Crippen LogP) is 2.61. The van der Waals surface area contributed by atoms with E-state index in [1.165, 1.54) is 29.8 Å². The van der Waals surface area contributed by atoms with Crippen molar-refractivity contribution in [1.29, 1.82) is 0 Å². The highest BCUT2D eigenvalue weighted by molar-refractivity contribution is 7.84. The molecule has 0 atom stereocenters. The minimum atomic E-state index is -0.368. The lowest BCUT2D eigenvalue weighted by Crippen LogP contribution is -1.97. The smallest absolute Gasteiger partial charge is 0.350 e. The molecule has 11 heavy (non-hydrogen) atoms. The van der Waals surface area contributed by atoms with E-state index in [1.54, 1.807) is 0 Å². The van der Waals surface area contributed by atoms with Gasteiger partial charge in [-0.05, 0) is 0 Å². The molecule has 60 valence electrons. The van der Waals surface area contributed by atoms with Gasteiger partial charge in [-0.1, -0.05) is 12.2 Å². The lowest BCUT2D eigenvalue weighted by Gasteiger charge is -1.92. The summed E-state index contributed by atoms with van der Waals surface area (Å²) in [6.45, 7) is 0. The number of esters is 1. The topological polar surface area (TPSA) is 26.3 Å². The first-order valence-corrected chi connectivity index (χ1v) is 5.05. The van der Waals surface area contributed by atoms with Gasteiger partial charge in [0.2, 0.25) is 0 Å². The van der Waals surface area contributed by atoms with E-state index in [-0.39, 0.29) is 5.97 Å². The zero-order valence-corrected chi connectivity index (χ0v) is 8.83. The third-order valence-electron chi connectivity index (χ3n) is 0.930. The van der Waals surface area contributed by atoms with Gasteiger partial charge in [0.1, 0.15) is 8.01 Å². The molecule has 1 rings (SSSR count). The standard InChI is InChI=1S/C5H4O2S4/c1-7-3(6)2-4(8)11-5(9)10-2/h8H,1H3. The fraction of sp³-hybridized carbons (Fsp3) is 0.200. The van der Waals surface area contributed by atoms with Crippen LogP contribution in [-0.4, -0.2) is 13.1 Å². The van der Waals surface area contributed by atoms with Crippen molar-refractivity contribution < 1.29 is 9.53 Å². The predicted molar refractivity (Wildman–Crippen MR) is 51.6 cm³/mol. The van der Waals surface area contributed by atoms with Gasteiger partial charge in [0.15, 0.2) is 0 Å². The molecule has 1 aromatic rings. The van der Waals surface area contributed by atoms with Gasteiger partial charge in [0.25, 0.3) is 0 Å². The van der Waals surface area contributed by atoms with Crippen molar-refractivity contribution in [1.82, 2.24) is 0 Å². The molecule has 1 aromatic heterocycles. The molecule has 0 amide bonds. The van der Waals surface area contributed by atoms with E-state index >= 15 is 0 Å². The monoisotopic (exact) mass is 224 g/mol. The third kappa shape index (κ3) is 2.02. The molecule has 0 bridgehead atoms. The van der Waals surface area contributed by atoms with Crippen molar-refractivity contribution in [3.05, 3.63) is 8.01 Å². The molecule has 1 heterocycles. The maximum absolute atomic E-state index is 10.9. The van der Waals surface area contributed by atoms with Gasteiger partial charge in [0.05, 0.1) is 11.3 Å². The second-order valence-corrected chi connectivity index (χ2v) is 5.55. The maximum Gasteiger partial charge on any atom is 0.350 e. The van der Waals surface area contributed by atoms with E-state index in [2.05, 4.69) is 17.4 Å². The molecular formula is C5H4O2S4. The molecule has 0 aliphatic carbocycles.